The first kappa shape index (κ1) is 10.1. The van der Waals surface area contributed by atoms with E-state index in [0.717, 1.165) is 6.42 Å². The summed E-state index contributed by atoms with van der Waals surface area (Å²) >= 11 is 0. The molecule has 0 aliphatic heterocycles. The highest BCUT2D eigenvalue weighted by atomic mass is 16.1. The van der Waals surface area contributed by atoms with Gasteiger partial charge in [-0.3, -0.25) is 4.79 Å². The summed E-state index contributed by atoms with van der Waals surface area (Å²) in [4.78, 5) is 11.1. The van der Waals surface area contributed by atoms with Gasteiger partial charge in [-0.1, -0.05) is 19.8 Å². The van der Waals surface area contributed by atoms with E-state index in [9.17, 15) is 4.79 Å². The molecule has 0 aromatic heterocycles. The molecule has 1 rings (SSSR count). The van der Waals surface area contributed by atoms with Crippen molar-refractivity contribution in [3.8, 4) is 11.8 Å². The molecule has 3 nitrogen and oxygen atoms in total. The van der Waals surface area contributed by atoms with Gasteiger partial charge in [-0.2, -0.15) is 0 Å². The summed E-state index contributed by atoms with van der Waals surface area (Å²) in [6.07, 6.45) is 0.851. The molecule has 0 saturated heterocycles. The zero-order valence-electron chi connectivity index (χ0n) is 8.35. The highest BCUT2D eigenvalue weighted by Crippen LogP contribution is 2.38. The Labute approximate surface area is 79.1 Å². The third-order valence-electron chi connectivity index (χ3n) is 2.89. The summed E-state index contributed by atoms with van der Waals surface area (Å²) in [6, 6.07) is 0.364. The van der Waals surface area contributed by atoms with Crippen LogP contribution in [0, 0.1) is 17.3 Å². The van der Waals surface area contributed by atoms with Gasteiger partial charge in [0.05, 0.1) is 0 Å². The number of hydrogen-bond donors (Lipinski definition) is 2. The summed E-state index contributed by atoms with van der Waals surface area (Å²) in [5, 5.41) is 2.85. The quantitative estimate of drug-likeness (QED) is 0.568. The van der Waals surface area contributed by atoms with Crippen molar-refractivity contribution in [1.29, 1.82) is 0 Å². The van der Waals surface area contributed by atoms with Crippen molar-refractivity contribution >= 4 is 5.91 Å². The summed E-state index contributed by atoms with van der Waals surface area (Å²) in [5.74, 6) is 4.82. The molecular weight excluding hydrogens is 164 g/mol. The van der Waals surface area contributed by atoms with Crippen LogP contribution in [0.3, 0.4) is 0 Å². The average molecular weight is 180 g/mol. The molecule has 0 bridgehead atoms. The number of carbonyl (C=O) groups is 1. The normalized spacial score (nSPS) is 29.5. The lowest BCUT2D eigenvalue weighted by molar-refractivity contribution is -0.118. The standard InChI is InChI=1S/C10H16N2O/c1-4-5-9(13)12-8-6-7(11)10(8,2)3/h7-8H,6,11H2,1-3H3,(H,12,13). The summed E-state index contributed by atoms with van der Waals surface area (Å²) in [7, 11) is 0. The van der Waals surface area contributed by atoms with E-state index in [1.54, 1.807) is 6.92 Å². The van der Waals surface area contributed by atoms with E-state index in [1.807, 2.05) is 0 Å². The number of nitrogens with two attached hydrogens (primary N) is 1. The molecule has 1 fully saturated rings. The van der Waals surface area contributed by atoms with Gasteiger partial charge in [-0.15, -0.1) is 0 Å². The predicted molar refractivity (Wildman–Crippen MR) is 51.8 cm³/mol. The van der Waals surface area contributed by atoms with Gasteiger partial charge in [0, 0.05) is 17.5 Å². The minimum atomic E-state index is -0.201. The van der Waals surface area contributed by atoms with Crippen LogP contribution >= 0.6 is 0 Å². The van der Waals surface area contributed by atoms with E-state index in [4.69, 9.17) is 5.73 Å². The van der Waals surface area contributed by atoms with Crippen LogP contribution in [0.2, 0.25) is 0 Å². The number of hydrogen-bond acceptors (Lipinski definition) is 2. The molecule has 2 atom stereocenters. The van der Waals surface area contributed by atoms with Gasteiger partial charge < -0.3 is 11.1 Å². The Morgan fingerprint density at radius 2 is 2.23 bits per heavy atom. The molecule has 3 heteroatoms. The molecule has 0 radical (unpaired) electrons. The van der Waals surface area contributed by atoms with E-state index >= 15 is 0 Å². The first-order valence-electron chi connectivity index (χ1n) is 4.47. The zero-order chi connectivity index (χ0) is 10.1. The molecule has 72 valence electrons. The number of carbonyl (C=O) groups excluding carboxylic acids is 1. The molecule has 1 aliphatic rings. The lowest BCUT2D eigenvalue weighted by Gasteiger charge is -2.50. The Morgan fingerprint density at radius 1 is 1.62 bits per heavy atom. The van der Waals surface area contributed by atoms with E-state index in [0.29, 0.717) is 0 Å². The smallest absolute Gasteiger partial charge is 0.296 e. The molecule has 3 N–H and O–H groups in total. The fraction of sp³-hybridized carbons (Fsp3) is 0.700. The molecule has 13 heavy (non-hydrogen) atoms. The van der Waals surface area contributed by atoms with Crippen molar-refractivity contribution in [1.82, 2.24) is 5.32 Å². The van der Waals surface area contributed by atoms with Crippen LogP contribution in [0.1, 0.15) is 27.2 Å². The lowest BCUT2D eigenvalue weighted by Crippen LogP contribution is -2.64. The second-order valence-corrected chi connectivity index (χ2v) is 4.06. The van der Waals surface area contributed by atoms with Crippen LogP contribution in [-0.2, 0) is 4.79 Å². The third kappa shape index (κ3) is 1.84. The molecule has 0 aromatic rings. The van der Waals surface area contributed by atoms with Crippen molar-refractivity contribution < 1.29 is 4.79 Å². The van der Waals surface area contributed by atoms with Crippen molar-refractivity contribution in [2.45, 2.75) is 39.3 Å². The summed E-state index contributed by atoms with van der Waals surface area (Å²) < 4.78 is 0. The van der Waals surface area contributed by atoms with Crippen molar-refractivity contribution in [2.24, 2.45) is 11.1 Å². The Kier molecular flexibility index (Phi) is 2.63. The van der Waals surface area contributed by atoms with E-state index in [1.165, 1.54) is 0 Å². The van der Waals surface area contributed by atoms with Crippen molar-refractivity contribution in [3.05, 3.63) is 0 Å². The summed E-state index contributed by atoms with van der Waals surface area (Å²) in [5.41, 5.74) is 5.81. The van der Waals surface area contributed by atoms with Gasteiger partial charge in [0.15, 0.2) is 0 Å². The largest absolute Gasteiger partial charge is 0.342 e. The predicted octanol–water partition coefficient (Wildman–Crippen LogP) is 0.252. The maximum absolute atomic E-state index is 11.1. The van der Waals surface area contributed by atoms with Crippen LogP contribution < -0.4 is 11.1 Å². The fourth-order valence-electron chi connectivity index (χ4n) is 1.51. The van der Waals surface area contributed by atoms with Gasteiger partial charge in [-0.05, 0) is 19.3 Å². The third-order valence-corrected chi connectivity index (χ3v) is 2.89. The molecule has 0 aromatic carbocycles. The number of rotatable bonds is 1. The maximum atomic E-state index is 11.1. The number of amides is 1. The molecule has 1 amide bonds. The van der Waals surface area contributed by atoms with Crippen molar-refractivity contribution in [3.63, 3.8) is 0 Å². The molecular formula is C10H16N2O. The first-order valence-corrected chi connectivity index (χ1v) is 4.47. The van der Waals surface area contributed by atoms with E-state index in [-0.39, 0.29) is 23.4 Å². The maximum Gasteiger partial charge on any atom is 0.296 e. The van der Waals surface area contributed by atoms with Gasteiger partial charge in [0.2, 0.25) is 0 Å². The second-order valence-electron chi connectivity index (χ2n) is 4.06. The Morgan fingerprint density at radius 3 is 2.62 bits per heavy atom. The molecule has 1 aliphatic carbocycles. The minimum Gasteiger partial charge on any atom is -0.342 e. The van der Waals surface area contributed by atoms with Crippen LogP contribution in [0.25, 0.3) is 0 Å². The minimum absolute atomic E-state index is 0.00504. The monoisotopic (exact) mass is 180 g/mol. The van der Waals surface area contributed by atoms with Crippen LogP contribution in [0.5, 0.6) is 0 Å². The fourth-order valence-corrected chi connectivity index (χ4v) is 1.51. The van der Waals surface area contributed by atoms with Crippen LogP contribution in [0.15, 0.2) is 0 Å². The first-order chi connectivity index (χ1) is 5.98. The molecule has 2 unspecified atom stereocenters. The topological polar surface area (TPSA) is 55.1 Å². The second kappa shape index (κ2) is 3.39. The van der Waals surface area contributed by atoms with E-state index < -0.39 is 0 Å². The molecule has 0 spiro atoms. The lowest BCUT2D eigenvalue weighted by atomic mass is 9.63. The highest BCUT2D eigenvalue weighted by Gasteiger charge is 2.46. The van der Waals surface area contributed by atoms with Crippen LogP contribution in [0.4, 0.5) is 0 Å². The molecule has 0 heterocycles. The van der Waals surface area contributed by atoms with Crippen molar-refractivity contribution in [2.75, 3.05) is 0 Å². The van der Waals surface area contributed by atoms with Gasteiger partial charge in [0.1, 0.15) is 0 Å². The Bertz CT molecular complexity index is 272. The van der Waals surface area contributed by atoms with Crippen LogP contribution in [-0.4, -0.2) is 18.0 Å². The SMILES string of the molecule is CC#CC(=O)NC1CC(N)C1(C)C. The summed E-state index contributed by atoms with van der Waals surface area (Å²) in [6.45, 7) is 5.77. The zero-order valence-corrected chi connectivity index (χ0v) is 8.35. The highest BCUT2D eigenvalue weighted by molar-refractivity contribution is 5.93. The van der Waals surface area contributed by atoms with Gasteiger partial charge >= 0.3 is 0 Å². The van der Waals surface area contributed by atoms with E-state index in [2.05, 4.69) is 31.0 Å². The van der Waals surface area contributed by atoms with Gasteiger partial charge in [-0.25, -0.2) is 0 Å². The Balaban J connectivity index is 2.48. The van der Waals surface area contributed by atoms with Gasteiger partial charge in [0.25, 0.3) is 5.91 Å². The Hall–Kier alpha value is -1.01. The molecule has 1 saturated carbocycles. The number of nitrogens with one attached hydrogen (secondary N) is 1. The average Bonchev–Trinajstić information content (AvgIpc) is 2.04.